The van der Waals surface area contributed by atoms with E-state index in [4.69, 9.17) is 4.98 Å². The molecule has 0 spiro atoms. The standard InChI is InChI=1S/C15H15IN2OS2/c1-9-13(21-8-7-20-9)14-17-12(11(16)15(19)18-14)10-5-3-2-4-6-10/h2-6,9,13H,7-8H2,1H3,(H,17,18,19). The van der Waals surface area contributed by atoms with E-state index in [1.807, 2.05) is 53.9 Å². The number of H-pyrrole nitrogens is 1. The van der Waals surface area contributed by atoms with Crippen molar-refractivity contribution >= 4 is 46.1 Å². The zero-order valence-electron chi connectivity index (χ0n) is 11.5. The molecule has 3 nitrogen and oxygen atoms in total. The number of hydrogen-bond donors (Lipinski definition) is 1. The van der Waals surface area contributed by atoms with Crippen LogP contribution in [0.25, 0.3) is 11.3 Å². The molecule has 3 rings (SSSR count). The number of aromatic nitrogens is 2. The number of hydrogen-bond acceptors (Lipinski definition) is 4. The number of halogens is 1. The molecule has 1 aliphatic heterocycles. The molecule has 1 aromatic heterocycles. The number of thioether (sulfide) groups is 2. The fourth-order valence-corrected chi connectivity index (χ4v) is 5.61. The van der Waals surface area contributed by atoms with Gasteiger partial charge in [-0.2, -0.15) is 11.8 Å². The normalized spacial score (nSPS) is 22.2. The summed E-state index contributed by atoms with van der Waals surface area (Å²) in [4.78, 5) is 20.0. The van der Waals surface area contributed by atoms with Crippen LogP contribution < -0.4 is 5.56 Å². The molecule has 1 fully saturated rings. The molecule has 1 aromatic carbocycles. The summed E-state index contributed by atoms with van der Waals surface area (Å²) < 4.78 is 0.656. The van der Waals surface area contributed by atoms with Gasteiger partial charge < -0.3 is 4.98 Å². The molecule has 2 unspecified atom stereocenters. The number of nitrogens with one attached hydrogen (secondary N) is 1. The Balaban J connectivity index is 2.08. The van der Waals surface area contributed by atoms with Gasteiger partial charge in [-0.25, -0.2) is 4.98 Å². The monoisotopic (exact) mass is 430 g/mol. The van der Waals surface area contributed by atoms with Gasteiger partial charge in [0, 0.05) is 22.3 Å². The zero-order chi connectivity index (χ0) is 14.8. The van der Waals surface area contributed by atoms with Crippen LogP contribution in [-0.2, 0) is 0 Å². The number of aromatic amines is 1. The number of benzene rings is 1. The summed E-state index contributed by atoms with van der Waals surface area (Å²) in [6.07, 6.45) is 0. The maximum atomic E-state index is 12.3. The van der Waals surface area contributed by atoms with Crippen LogP contribution in [0.3, 0.4) is 0 Å². The van der Waals surface area contributed by atoms with Gasteiger partial charge in [-0.05, 0) is 22.6 Å². The molecule has 0 saturated carbocycles. The van der Waals surface area contributed by atoms with Crippen LogP contribution in [0.4, 0.5) is 0 Å². The maximum absolute atomic E-state index is 12.3. The molecular weight excluding hydrogens is 415 g/mol. The average Bonchev–Trinajstić information content (AvgIpc) is 2.51. The van der Waals surface area contributed by atoms with E-state index in [0.717, 1.165) is 22.8 Å². The van der Waals surface area contributed by atoms with Crippen molar-refractivity contribution in [2.45, 2.75) is 17.4 Å². The summed E-state index contributed by atoms with van der Waals surface area (Å²) in [5.74, 6) is 3.09. The second kappa shape index (κ2) is 6.75. The molecule has 21 heavy (non-hydrogen) atoms. The number of nitrogens with zero attached hydrogens (tertiary/aromatic N) is 1. The highest BCUT2D eigenvalue weighted by atomic mass is 127. The predicted octanol–water partition coefficient (Wildman–Crippen LogP) is 3.95. The minimum atomic E-state index is -0.0390. The topological polar surface area (TPSA) is 45.8 Å². The van der Waals surface area contributed by atoms with Gasteiger partial charge in [0.2, 0.25) is 0 Å². The van der Waals surface area contributed by atoms with Crippen molar-refractivity contribution in [3.63, 3.8) is 0 Å². The van der Waals surface area contributed by atoms with Crippen LogP contribution in [0.15, 0.2) is 35.1 Å². The van der Waals surface area contributed by atoms with Gasteiger partial charge in [-0.15, -0.1) is 11.8 Å². The lowest BCUT2D eigenvalue weighted by Crippen LogP contribution is -2.23. The lowest BCUT2D eigenvalue weighted by atomic mass is 10.1. The van der Waals surface area contributed by atoms with Crippen molar-refractivity contribution in [3.8, 4) is 11.3 Å². The maximum Gasteiger partial charge on any atom is 0.265 e. The van der Waals surface area contributed by atoms with Crippen molar-refractivity contribution in [1.82, 2.24) is 9.97 Å². The van der Waals surface area contributed by atoms with Gasteiger partial charge in [0.15, 0.2) is 0 Å². The van der Waals surface area contributed by atoms with E-state index in [1.165, 1.54) is 5.75 Å². The SMILES string of the molecule is CC1SCCSC1c1nc(-c2ccccc2)c(I)c(=O)[nH]1. The van der Waals surface area contributed by atoms with E-state index < -0.39 is 0 Å². The Bertz CT molecular complexity index is 690. The molecule has 2 heterocycles. The highest BCUT2D eigenvalue weighted by molar-refractivity contribution is 14.1. The van der Waals surface area contributed by atoms with Gasteiger partial charge in [0.1, 0.15) is 9.39 Å². The molecule has 110 valence electrons. The molecule has 1 aliphatic rings. The molecule has 0 aliphatic carbocycles. The van der Waals surface area contributed by atoms with Gasteiger partial charge in [0.05, 0.1) is 10.9 Å². The van der Waals surface area contributed by atoms with Crippen molar-refractivity contribution in [2.24, 2.45) is 0 Å². The van der Waals surface area contributed by atoms with Gasteiger partial charge >= 0.3 is 0 Å². The van der Waals surface area contributed by atoms with Crippen LogP contribution in [0.2, 0.25) is 0 Å². The van der Waals surface area contributed by atoms with Crippen molar-refractivity contribution in [3.05, 3.63) is 50.1 Å². The van der Waals surface area contributed by atoms with Crippen molar-refractivity contribution in [2.75, 3.05) is 11.5 Å². The van der Waals surface area contributed by atoms with Gasteiger partial charge in [-0.1, -0.05) is 37.3 Å². The molecule has 1 saturated heterocycles. The molecule has 1 N–H and O–H groups in total. The van der Waals surface area contributed by atoms with Crippen LogP contribution in [0.1, 0.15) is 18.0 Å². The van der Waals surface area contributed by atoms with Crippen LogP contribution in [0, 0.1) is 3.57 Å². The first kappa shape index (κ1) is 15.4. The highest BCUT2D eigenvalue weighted by Gasteiger charge is 2.27. The molecule has 0 bridgehead atoms. The summed E-state index contributed by atoms with van der Waals surface area (Å²) in [5, 5.41) is 0.728. The van der Waals surface area contributed by atoms with E-state index >= 15 is 0 Å². The minimum absolute atomic E-state index is 0.0390. The van der Waals surface area contributed by atoms with Crippen LogP contribution in [0.5, 0.6) is 0 Å². The predicted molar refractivity (Wildman–Crippen MR) is 100 cm³/mol. The lowest BCUT2D eigenvalue weighted by molar-refractivity contribution is 0.814. The first-order valence-electron chi connectivity index (χ1n) is 6.75. The third-order valence-electron chi connectivity index (χ3n) is 3.39. The summed E-state index contributed by atoms with van der Waals surface area (Å²) in [7, 11) is 0. The Morgan fingerprint density at radius 3 is 2.67 bits per heavy atom. The molecule has 2 atom stereocenters. The Kier molecular flexibility index (Phi) is 4.96. The average molecular weight is 430 g/mol. The smallest absolute Gasteiger partial charge is 0.265 e. The summed E-state index contributed by atoms with van der Waals surface area (Å²) >= 11 is 5.92. The summed E-state index contributed by atoms with van der Waals surface area (Å²) in [6, 6.07) is 9.92. The second-order valence-electron chi connectivity index (χ2n) is 4.85. The van der Waals surface area contributed by atoms with E-state index in [-0.39, 0.29) is 10.8 Å². The molecule has 0 radical (unpaired) electrons. The Morgan fingerprint density at radius 1 is 1.24 bits per heavy atom. The van der Waals surface area contributed by atoms with Crippen molar-refractivity contribution in [1.29, 1.82) is 0 Å². The first-order valence-corrected chi connectivity index (χ1v) is 9.93. The summed E-state index contributed by atoms with van der Waals surface area (Å²) in [6.45, 7) is 2.21. The van der Waals surface area contributed by atoms with Gasteiger partial charge in [0.25, 0.3) is 5.56 Å². The molecule has 2 aromatic rings. The zero-order valence-corrected chi connectivity index (χ0v) is 15.3. The third kappa shape index (κ3) is 3.32. The Labute approximate surface area is 145 Å². The van der Waals surface area contributed by atoms with Crippen LogP contribution in [-0.4, -0.2) is 26.7 Å². The molecule has 0 amide bonds. The fraction of sp³-hybridized carbons (Fsp3) is 0.333. The van der Waals surface area contributed by atoms with E-state index in [1.54, 1.807) is 0 Å². The second-order valence-corrected chi connectivity index (χ2v) is 8.66. The largest absolute Gasteiger partial charge is 0.309 e. The fourth-order valence-electron chi connectivity index (χ4n) is 2.33. The van der Waals surface area contributed by atoms with Gasteiger partial charge in [-0.3, -0.25) is 4.79 Å². The quantitative estimate of drug-likeness (QED) is 0.733. The van der Waals surface area contributed by atoms with Crippen molar-refractivity contribution < 1.29 is 0 Å². The van der Waals surface area contributed by atoms with E-state index in [9.17, 15) is 4.79 Å². The molecule has 6 heteroatoms. The number of rotatable bonds is 2. The molecular formula is C15H15IN2OS2. The Morgan fingerprint density at radius 2 is 1.95 bits per heavy atom. The lowest BCUT2D eigenvalue weighted by Gasteiger charge is -2.27. The third-order valence-corrected chi connectivity index (χ3v) is 7.49. The minimum Gasteiger partial charge on any atom is -0.309 e. The highest BCUT2D eigenvalue weighted by Crippen LogP contribution is 2.41. The Hall–Kier alpha value is -0.470. The van der Waals surface area contributed by atoms with E-state index in [0.29, 0.717) is 8.82 Å². The first-order chi connectivity index (χ1) is 10.2. The van der Waals surface area contributed by atoms with Crippen LogP contribution >= 0.6 is 46.1 Å². The summed E-state index contributed by atoms with van der Waals surface area (Å²) in [5.41, 5.74) is 1.75. The van der Waals surface area contributed by atoms with E-state index in [2.05, 4.69) is 34.5 Å².